The molecule has 1 aromatic rings. The molecule has 0 radical (unpaired) electrons. The van der Waals surface area contributed by atoms with Gasteiger partial charge in [-0.25, -0.2) is 13.4 Å². The summed E-state index contributed by atoms with van der Waals surface area (Å²) in [6.45, 7) is 2.36. The molecule has 0 saturated carbocycles. The first-order chi connectivity index (χ1) is 10.6. The number of ether oxygens (including phenoxy) is 1. The molecule has 0 amide bonds. The van der Waals surface area contributed by atoms with Gasteiger partial charge in [-0.2, -0.15) is 4.31 Å². The highest BCUT2D eigenvalue weighted by Gasteiger charge is 2.35. The topological polar surface area (TPSA) is 78.5 Å². The van der Waals surface area contributed by atoms with Crippen LogP contribution < -0.4 is 0 Å². The zero-order chi connectivity index (χ0) is 15.6. The summed E-state index contributed by atoms with van der Waals surface area (Å²) in [6, 6.07) is -0.0224. The first-order valence-corrected chi connectivity index (χ1v) is 9.46. The van der Waals surface area contributed by atoms with Crippen LogP contribution in [0.1, 0.15) is 31.1 Å². The number of likely N-dealkylation sites (N-methyl/N-ethyl adjacent to an activating group) is 1. The molecule has 124 valence electrons. The molecular formula is C14H24N4O3S. The maximum Gasteiger partial charge on any atom is 0.216 e. The second-order valence-electron chi connectivity index (χ2n) is 6.10. The monoisotopic (exact) mass is 328 g/mol. The van der Waals surface area contributed by atoms with Crippen LogP contribution in [0.3, 0.4) is 0 Å². The fraction of sp³-hybridized carbons (Fsp3) is 0.786. The fourth-order valence-electron chi connectivity index (χ4n) is 3.14. The number of aromatic nitrogens is 2. The van der Waals surface area contributed by atoms with E-state index in [9.17, 15) is 8.42 Å². The van der Waals surface area contributed by atoms with Crippen molar-refractivity contribution >= 4 is 10.0 Å². The predicted octanol–water partition coefficient (Wildman–Crippen LogP) is 0.597. The van der Waals surface area contributed by atoms with Crippen LogP contribution in [0, 0.1) is 0 Å². The molecule has 1 N–H and O–H groups in total. The molecule has 2 aliphatic rings. The van der Waals surface area contributed by atoms with Crippen molar-refractivity contribution in [3.8, 4) is 0 Å². The van der Waals surface area contributed by atoms with E-state index in [2.05, 4.69) is 14.9 Å². The van der Waals surface area contributed by atoms with Gasteiger partial charge in [0.15, 0.2) is 0 Å². The molecule has 1 aromatic heterocycles. The van der Waals surface area contributed by atoms with Gasteiger partial charge in [-0.05, 0) is 26.3 Å². The van der Waals surface area contributed by atoms with Gasteiger partial charge in [-0.15, -0.1) is 0 Å². The van der Waals surface area contributed by atoms with Crippen LogP contribution in [0.5, 0.6) is 0 Å². The van der Waals surface area contributed by atoms with E-state index >= 15 is 0 Å². The first kappa shape index (κ1) is 15.9. The van der Waals surface area contributed by atoms with Gasteiger partial charge >= 0.3 is 0 Å². The number of piperazine rings is 1. The zero-order valence-corrected chi connectivity index (χ0v) is 13.8. The molecule has 2 aliphatic heterocycles. The van der Waals surface area contributed by atoms with Gasteiger partial charge in [-0.3, -0.25) is 4.90 Å². The molecule has 3 heterocycles. The second kappa shape index (κ2) is 6.66. The van der Waals surface area contributed by atoms with E-state index < -0.39 is 10.0 Å². The minimum atomic E-state index is -3.29. The summed E-state index contributed by atoms with van der Waals surface area (Å²) in [5, 5.41) is 0. The first-order valence-electron chi connectivity index (χ1n) is 7.85. The van der Waals surface area contributed by atoms with Crippen molar-refractivity contribution in [2.75, 3.05) is 39.0 Å². The molecule has 2 fully saturated rings. The van der Waals surface area contributed by atoms with Crippen molar-refractivity contribution in [2.24, 2.45) is 0 Å². The van der Waals surface area contributed by atoms with Gasteiger partial charge in [-0.1, -0.05) is 0 Å². The number of aromatic amines is 1. The SMILES string of the molecule is CN1CCN(S(=O)(=O)C[C@@H]2CCCCO2)C[C@H]1c1ncc[nH]1. The van der Waals surface area contributed by atoms with Crippen LogP contribution in [-0.2, 0) is 14.8 Å². The Morgan fingerprint density at radius 2 is 2.27 bits per heavy atom. The number of nitrogens with one attached hydrogen (secondary N) is 1. The van der Waals surface area contributed by atoms with E-state index in [1.54, 1.807) is 16.7 Å². The van der Waals surface area contributed by atoms with Gasteiger partial charge in [0.2, 0.25) is 10.0 Å². The molecule has 7 nitrogen and oxygen atoms in total. The summed E-state index contributed by atoms with van der Waals surface area (Å²) in [7, 11) is -1.29. The molecular weight excluding hydrogens is 304 g/mol. The standard InChI is InChI=1S/C14H24N4O3S/c1-17-7-8-18(10-13(17)14-15-5-6-16-14)22(19,20)11-12-4-2-3-9-21-12/h5-6,12-13H,2-4,7-11H2,1H3,(H,15,16)/t12-,13-/m0/s1. The highest BCUT2D eigenvalue weighted by Crippen LogP contribution is 2.24. The van der Waals surface area contributed by atoms with Gasteiger partial charge in [0.05, 0.1) is 17.9 Å². The summed E-state index contributed by atoms with van der Waals surface area (Å²) in [5.41, 5.74) is 0. The zero-order valence-electron chi connectivity index (χ0n) is 12.9. The van der Waals surface area contributed by atoms with Crippen LogP contribution in [0.25, 0.3) is 0 Å². The lowest BCUT2D eigenvalue weighted by Gasteiger charge is -2.38. The molecule has 0 bridgehead atoms. The van der Waals surface area contributed by atoms with Crippen molar-refractivity contribution in [3.63, 3.8) is 0 Å². The Hall–Kier alpha value is -0.960. The number of hydrogen-bond donors (Lipinski definition) is 1. The van der Waals surface area contributed by atoms with E-state index in [-0.39, 0.29) is 17.9 Å². The molecule has 0 aromatic carbocycles. The van der Waals surface area contributed by atoms with Gasteiger partial charge in [0, 0.05) is 38.6 Å². The van der Waals surface area contributed by atoms with Crippen LogP contribution in [0.15, 0.2) is 12.4 Å². The molecule has 2 atom stereocenters. The molecule has 0 unspecified atom stereocenters. The minimum Gasteiger partial charge on any atom is -0.377 e. The maximum absolute atomic E-state index is 12.7. The van der Waals surface area contributed by atoms with E-state index in [0.717, 1.165) is 25.1 Å². The van der Waals surface area contributed by atoms with Crippen molar-refractivity contribution in [1.82, 2.24) is 19.2 Å². The Kier molecular flexibility index (Phi) is 4.82. The van der Waals surface area contributed by atoms with E-state index in [1.165, 1.54) is 0 Å². The Morgan fingerprint density at radius 3 is 2.95 bits per heavy atom. The second-order valence-corrected chi connectivity index (χ2v) is 8.11. The molecule has 3 rings (SSSR count). The molecule has 2 saturated heterocycles. The predicted molar refractivity (Wildman–Crippen MR) is 82.9 cm³/mol. The molecule has 8 heteroatoms. The van der Waals surface area contributed by atoms with Crippen molar-refractivity contribution < 1.29 is 13.2 Å². The Bertz CT molecular complexity index is 569. The number of H-pyrrole nitrogens is 1. The molecule has 0 spiro atoms. The normalized spacial score (nSPS) is 28.8. The molecule has 0 aliphatic carbocycles. The van der Waals surface area contributed by atoms with Crippen LogP contribution in [-0.4, -0.2) is 72.7 Å². The van der Waals surface area contributed by atoms with Crippen LogP contribution in [0.4, 0.5) is 0 Å². The number of imidazole rings is 1. The van der Waals surface area contributed by atoms with Gasteiger partial charge in [0.25, 0.3) is 0 Å². The Labute approximate surface area is 131 Å². The third-order valence-electron chi connectivity index (χ3n) is 4.51. The third-order valence-corrected chi connectivity index (χ3v) is 6.42. The van der Waals surface area contributed by atoms with Crippen LogP contribution >= 0.6 is 0 Å². The van der Waals surface area contributed by atoms with E-state index in [0.29, 0.717) is 26.2 Å². The lowest BCUT2D eigenvalue weighted by Crippen LogP contribution is -2.51. The Balaban J connectivity index is 1.68. The summed E-state index contributed by atoms with van der Waals surface area (Å²) in [4.78, 5) is 9.51. The largest absolute Gasteiger partial charge is 0.377 e. The van der Waals surface area contributed by atoms with Crippen molar-refractivity contribution in [1.29, 1.82) is 0 Å². The van der Waals surface area contributed by atoms with Crippen molar-refractivity contribution in [3.05, 3.63) is 18.2 Å². The Morgan fingerprint density at radius 1 is 1.41 bits per heavy atom. The quantitative estimate of drug-likeness (QED) is 0.875. The number of hydrogen-bond acceptors (Lipinski definition) is 5. The lowest BCUT2D eigenvalue weighted by molar-refractivity contribution is 0.0294. The lowest BCUT2D eigenvalue weighted by atomic mass is 10.1. The fourth-order valence-corrected chi connectivity index (χ4v) is 4.81. The maximum atomic E-state index is 12.7. The van der Waals surface area contributed by atoms with Gasteiger partial charge in [0.1, 0.15) is 5.82 Å². The number of nitrogens with zero attached hydrogens (tertiary/aromatic N) is 3. The third kappa shape index (κ3) is 3.51. The summed E-state index contributed by atoms with van der Waals surface area (Å²) in [5.74, 6) is 0.915. The van der Waals surface area contributed by atoms with E-state index in [1.807, 2.05) is 7.05 Å². The van der Waals surface area contributed by atoms with E-state index in [4.69, 9.17) is 4.74 Å². The smallest absolute Gasteiger partial charge is 0.216 e. The van der Waals surface area contributed by atoms with Crippen molar-refractivity contribution in [2.45, 2.75) is 31.4 Å². The molecule has 22 heavy (non-hydrogen) atoms. The van der Waals surface area contributed by atoms with Crippen LogP contribution in [0.2, 0.25) is 0 Å². The highest BCUT2D eigenvalue weighted by molar-refractivity contribution is 7.89. The minimum absolute atomic E-state index is 0.0224. The summed E-state index contributed by atoms with van der Waals surface area (Å²) < 4.78 is 32.5. The number of rotatable bonds is 4. The summed E-state index contributed by atoms with van der Waals surface area (Å²) in [6.07, 6.45) is 6.25. The average Bonchev–Trinajstić information content (AvgIpc) is 3.02. The van der Waals surface area contributed by atoms with Gasteiger partial charge < -0.3 is 9.72 Å². The summed E-state index contributed by atoms with van der Waals surface area (Å²) >= 11 is 0. The highest BCUT2D eigenvalue weighted by atomic mass is 32.2. The average molecular weight is 328 g/mol. The number of sulfonamides is 1.